The Morgan fingerprint density at radius 3 is 2.94 bits per heavy atom. The van der Waals surface area contributed by atoms with Crippen LogP contribution in [0.3, 0.4) is 0 Å². The van der Waals surface area contributed by atoms with Crippen molar-refractivity contribution < 1.29 is 4.79 Å². The minimum atomic E-state index is 0.150. The standard InChI is InChI=1S/C13H25NOS/c1-4-5-9-16-12(3)13(15)14-8-6-7-11(2)10-14/h11-12H,4-10H2,1-3H3. The molecule has 0 radical (unpaired) electrons. The Bertz CT molecular complexity index is 220. The van der Waals surface area contributed by atoms with Crippen LogP contribution in [0.1, 0.15) is 46.5 Å². The highest BCUT2D eigenvalue weighted by atomic mass is 32.2. The highest BCUT2D eigenvalue weighted by Gasteiger charge is 2.24. The first kappa shape index (κ1) is 13.9. The molecule has 1 aliphatic rings. The summed E-state index contributed by atoms with van der Waals surface area (Å²) in [6.07, 6.45) is 4.90. The van der Waals surface area contributed by atoms with Crippen molar-refractivity contribution in [1.82, 2.24) is 4.90 Å². The number of rotatable bonds is 5. The maximum absolute atomic E-state index is 12.1. The molecular weight excluding hydrogens is 218 g/mol. The van der Waals surface area contributed by atoms with Crippen LogP contribution < -0.4 is 0 Å². The van der Waals surface area contributed by atoms with Gasteiger partial charge >= 0.3 is 0 Å². The van der Waals surface area contributed by atoms with Gasteiger partial charge in [0, 0.05) is 13.1 Å². The van der Waals surface area contributed by atoms with Gasteiger partial charge in [-0.05, 0) is 37.9 Å². The van der Waals surface area contributed by atoms with E-state index in [1.54, 1.807) is 0 Å². The van der Waals surface area contributed by atoms with Gasteiger partial charge in [0.05, 0.1) is 5.25 Å². The molecule has 1 fully saturated rings. The lowest BCUT2D eigenvalue weighted by Gasteiger charge is -2.32. The molecule has 1 aliphatic heterocycles. The SMILES string of the molecule is CCCCSC(C)C(=O)N1CCCC(C)C1. The number of amides is 1. The summed E-state index contributed by atoms with van der Waals surface area (Å²) in [5, 5.41) is 0.150. The van der Waals surface area contributed by atoms with Crippen LogP contribution in [0.2, 0.25) is 0 Å². The number of likely N-dealkylation sites (tertiary alicyclic amines) is 1. The number of carbonyl (C=O) groups excluding carboxylic acids is 1. The fourth-order valence-electron chi connectivity index (χ4n) is 2.12. The average molecular weight is 243 g/mol. The zero-order chi connectivity index (χ0) is 12.0. The van der Waals surface area contributed by atoms with Crippen LogP contribution in [0.25, 0.3) is 0 Å². The van der Waals surface area contributed by atoms with Gasteiger partial charge in [0.1, 0.15) is 0 Å². The minimum Gasteiger partial charge on any atom is -0.341 e. The molecule has 0 bridgehead atoms. The van der Waals surface area contributed by atoms with Crippen LogP contribution in [0.4, 0.5) is 0 Å². The summed E-state index contributed by atoms with van der Waals surface area (Å²) in [6.45, 7) is 8.44. The topological polar surface area (TPSA) is 20.3 Å². The molecule has 2 nitrogen and oxygen atoms in total. The Hall–Kier alpha value is -0.180. The summed E-state index contributed by atoms with van der Waals surface area (Å²) < 4.78 is 0. The third-order valence-electron chi connectivity index (χ3n) is 3.18. The maximum atomic E-state index is 12.1. The second kappa shape index (κ2) is 7.21. The fourth-order valence-corrected chi connectivity index (χ4v) is 3.22. The Morgan fingerprint density at radius 1 is 1.56 bits per heavy atom. The van der Waals surface area contributed by atoms with Gasteiger partial charge in [-0.1, -0.05) is 20.3 Å². The Morgan fingerprint density at radius 2 is 2.31 bits per heavy atom. The lowest BCUT2D eigenvalue weighted by atomic mass is 10.0. The van der Waals surface area contributed by atoms with E-state index in [0.29, 0.717) is 11.8 Å². The third kappa shape index (κ3) is 4.36. The number of thioether (sulfide) groups is 1. The highest BCUT2D eigenvalue weighted by molar-refractivity contribution is 8.00. The second-order valence-electron chi connectivity index (χ2n) is 4.90. The first-order valence-corrected chi connectivity index (χ1v) is 7.60. The van der Waals surface area contributed by atoms with Crippen LogP contribution in [-0.4, -0.2) is 34.9 Å². The molecule has 1 rings (SSSR count). The number of unbranched alkanes of at least 4 members (excludes halogenated alkanes) is 1. The number of nitrogens with zero attached hydrogens (tertiary/aromatic N) is 1. The molecule has 0 N–H and O–H groups in total. The van der Waals surface area contributed by atoms with Crippen molar-refractivity contribution in [2.75, 3.05) is 18.8 Å². The van der Waals surface area contributed by atoms with Gasteiger partial charge in [-0.15, -0.1) is 11.8 Å². The maximum Gasteiger partial charge on any atom is 0.235 e. The van der Waals surface area contributed by atoms with Crippen molar-refractivity contribution in [1.29, 1.82) is 0 Å². The zero-order valence-corrected chi connectivity index (χ0v) is 11.7. The van der Waals surface area contributed by atoms with Gasteiger partial charge in [0.25, 0.3) is 0 Å². The summed E-state index contributed by atoms with van der Waals surface area (Å²) in [7, 11) is 0. The molecule has 2 atom stereocenters. The molecule has 1 heterocycles. The van der Waals surface area contributed by atoms with Gasteiger partial charge in [-0.25, -0.2) is 0 Å². The molecule has 0 spiro atoms. The number of carbonyl (C=O) groups is 1. The molecule has 0 aromatic rings. The first-order chi connectivity index (χ1) is 7.65. The van der Waals surface area contributed by atoms with Gasteiger partial charge < -0.3 is 4.90 Å². The highest BCUT2D eigenvalue weighted by Crippen LogP contribution is 2.20. The fraction of sp³-hybridized carbons (Fsp3) is 0.923. The minimum absolute atomic E-state index is 0.150. The van der Waals surface area contributed by atoms with E-state index in [1.165, 1.54) is 25.7 Å². The molecule has 3 heteroatoms. The molecule has 94 valence electrons. The lowest BCUT2D eigenvalue weighted by molar-refractivity contribution is -0.131. The van der Waals surface area contributed by atoms with E-state index in [9.17, 15) is 4.79 Å². The van der Waals surface area contributed by atoms with Crippen LogP contribution in [0, 0.1) is 5.92 Å². The Kier molecular flexibility index (Phi) is 6.25. The van der Waals surface area contributed by atoms with E-state index in [2.05, 4.69) is 25.7 Å². The first-order valence-electron chi connectivity index (χ1n) is 6.55. The molecule has 2 unspecified atom stereocenters. The third-order valence-corrected chi connectivity index (χ3v) is 4.41. The second-order valence-corrected chi connectivity index (χ2v) is 6.35. The van der Waals surface area contributed by atoms with Crippen molar-refractivity contribution in [3.8, 4) is 0 Å². The van der Waals surface area contributed by atoms with E-state index in [-0.39, 0.29) is 5.25 Å². The summed E-state index contributed by atoms with van der Waals surface area (Å²) in [5.74, 6) is 2.16. The predicted octanol–water partition coefficient (Wildman–Crippen LogP) is 3.17. The normalized spacial score (nSPS) is 23.2. The molecule has 0 aromatic carbocycles. The smallest absolute Gasteiger partial charge is 0.235 e. The quantitative estimate of drug-likeness (QED) is 0.691. The molecule has 1 amide bonds. The van der Waals surface area contributed by atoms with E-state index in [1.807, 2.05) is 11.8 Å². The molecule has 0 saturated carbocycles. The Balaban J connectivity index is 2.31. The van der Waals surface area contributed by atoms with Gasteiger partial charge in [-0.2, -0.15) is 0 Å². The van der Waals surface area contributed by atoms with Crippen LogP contribution in [-0.2, 0) is 4.79 Å². The van der Waals surface area contributed by atoms with Crippen molar-refractivity contribution >= 4 is 17.7 Å². The molecule has 1 saturated heterocycles. The van der Waals surface area contributed by atoms with E-state index >= 15 is 0 Å². The van der Waals surface area contributed by atoms with E-state index in [4.69, 9.17) is 0 Å². The Labute approximate surface area is 104 Å². The van der Waals surface area contributed by atoms with Crippen molar-refractivity contribution in [3.05, 3.63) is 0 Å². The summed E-state index contributed by atoms with van der Waals surface area (Å²) in [4.78, 5) is 14.2. The van der Waals surface area contributed by atoms with Crippen molar-refractivity contribution in [3.63, 3.8) is 0 Å². The van der Waals surface area contributed by atoms with Crippen LogP contribution >= 0.6 is 11.8 Å². The molecule has 16 heavy (non-hydrogen) atoms. The summed E-state index contributed by atoms with van der Waals surface area (Å²) in [5.41, 5.74) is 0. The summed E-state index contributed by atoms with van der Waals surface area (Å²) >= 11 is 1.81. The van der Waals surface area contributed by atoms with Crippen LogP contribution in [0.5, 0.6) is 0 Å². The number of hydrogen-bond donors (Lipinski definition) is 0. The van der Waals surface area contributed by atoms with Gasteiger partial charge in [0.2, 0.25) is 5.91 Å². The van der Waals surface area contributed by atoms with Gasteiger partial charge in [-0.3, -0.25) is 4.79 Å². The molecular formula is C13H25NOS. The van der Waals surface area contributed by atoms with E-state index in [0.717, 1.165) is 18.8 Å². The zero-order valence-electron chi connectivity index (χ0n) is 10.9. The van der Waals surface area contributed by atoms with Gasteiger partial charge in [0.15, 0.2) is 0 Å². The van der Waals surface area contributed by atoms with Crippen molar-refractivity contribution in [2.45, 2.75) is 51.7 Å². The lowest BCUT2D eigenvalue weighted by Crippen LogP contribution is -2.42. The van der Waals surface area contributed by atoms with E-state index < -0.39 is 0 Å². The largest absolute Gasteiger partial charge is 0.341 e. The average Bonchev–Trinajstić information content (AvgIpc) is 2.28. The van der Waals surface area contributed by atoms with Crippen molar-refractivity contribution in [2.24, 2.45) is 5.92 Å². The van der Waals surface area contributed by atoms with Crippen LogP contribution in [0.15, 0.2) is 0 Å². The number of piperidine rings is 1. The predicted molar refractivity (Wildman–Crippen MR) is 71.8 cm³/mol. The number of hydrogen-bond acceptors (Lipinski definition) is 2. The summed E-state index contributed by atoms with van der Waals surface area (Å²) in [6, 6.07) is 0. The molecule has 0 aliphatic carbocycles. The molecule has 0 aromatic heterocycles. The monoisotopic (exact) mass is 243 g/mol.